The Morgan fingerprint density at radius 2 is 1.86 bits per heavy atom. The molecule has 0 spiro atoms. The van der Waals surface area contributed by atoms with Crippen molar-refractivity contribution in [1.29, 1.82) is 0 Å². The van der Waals surface area contributed by atoms with E-state index in [1.54, 1.807) is 18.2 Å². The minimum absolute atomic E-state index is 0.167. The number of rotatable bonds is 5. The Bertz CT molecular complexity index is 542. The number of carboxylic acid groups (broad SMARTS) is 1. The molecule has 0 unspecified atom stereocenters. The summed E-state index contributed by atoms with van der Waals surface area (Å²) < 4.78 is 0. The van der Waals surface area contributed by atoms with Crippen LogP contribution in [0.1, 0.15) is 6.42 Å². The average molecular weight is 347 g/mol. The monoisotopic (exact) mass is 346 g/mol. The van der Waals surface area contributed by atoms with E-state index >= 15 is 0 Å². The van der Waals surface area contributed by atoms with E-state index < -0.39 is 17.9 Å². The van der Waals surface area contributed by atoms with Gasteiger partial charge >= 0.3 is 0 Å². The maximum Gasteiger partial charge on any atom is 0.230 e. The number of nitrogens with two attached hydrogens (primary N) is 1. The summed E-state index contributed by atoms with van der Waals surface area (Å²) in [6, 6.07) is 4.00. The van der Waals surface area contributed by atoms with Crippen molar-refractivity contribution in [2.75, 3.05) is 31.5 Å². The summed E-state index contributed by atoms with van der Waals surface area (Å²) in [5.74, 6) is -1.65. The largest absolute Gasteiger partial charge is 0.544 e. The van der Waals surface area contributed by atoms with Gasteiger partial charge in [-0.15, -0.1) is 0 Å². The topological polar surface area (TPSA) is 90.3 Å². The fourth-order valence-electron chi connectivity index (χ4n) is 2.58. The summed E-state index contributed by atoms with van der Waals surface area (Å²) in [6.07, 6.45) is -0.167. The van der Waals surface area contributed by atoms with Crippen LogP contribution in [0, 0.1) is 0 Å². The van der Waals surface area contributed by atoms with E-state index in [0.29, 0.717) is 28.8 Å². The summed E-state index contributed by atoms with van der Waals surface area (Å²) >= 11 is 12.0. The number of hydrogen-bond acceptors (Lipinski definition) is 3. The second kappa shape index (κ2) is 7.78. The van der Waals surface area contributed by atoms with Gasteiger partial charge in [0, 0.05) is 0 Å². The molecule has 1 aromatic rings. The molecule has 0 radical (unpaired) electrons. The molecule has 6 nitrogen and oxygen atoms in total. The van der Waals surface area contributed by atoms with Crippen LogP contribution in [0.25, 0.3) is 0 Å². The Labute approximate surface area is 138 Å². The maximum absolute atomic E-state index is 12.1. The molecule has 1 aliphatic rings. The zero-order valence-corrected chi connectivity index (χ0v) is 13.4. The van der Waals surface area contributed by atoms with E-state index in [4.69, 9.17) is 23.2 Å². The minimum atomic E-state index is -1.21. The number of hydrogen-bond donors (Lipinski definition) is 3. The van der Waals surface area contributed by atoms with Gasteiger partial charge in [-0.2, -0.15) is 0 Å². The lowest BCUT2D eigenvalue weighted by Gasteiger charge is -2.30. The summed E-state index contributed by atoms with van der Waals surface area (Å²) in [7, 11) is 0. The Balaban J connectivity index is 2.03. The van der Waals surface area contributed by atoms with Crippen molar-refractivity contribution in [3.8, 4) is 0 Å². The van der Waals surface area contributed by atoms with Crippen molar-refractivity contribution in [3.63, 3.8) is 0 Å². The molecule has 120 valence electrons. The van der Waals surface area contributed by atoms with Gasteiger partial charge in [-0.05, 0) is 12.1 Å². The fraction of sp³-hybridized carbons (Fsp3) is 0.429. The molecule has 2 rings (SSSR count). The van der Waals surface area contributed by atoms with Crippen molar-refractivity contribution in [2.24, 2.45) is 0 Å². The molecule has 0 aromatic heterocycles. The van der Waals surface area contributed by atoms with E-state index in [1.165, 1.54) is 0 Å². The number of piperazine rings is 1. The van der Waals surface area contributed by atoms with Gasteiger partial charge in [0.15, 0.2) is 0 Å². The molecule has 1 aliphatic heterocycles. The molecule has 8 heteroatoms. The van der Waals surface area contributed by atoms with E-state index in [0.717, 1.165) is 18.0 Å². The number of aliphatic carboxylic acids is 1. The van der Waals surface area contributed by atoms with Crippen LogP contribution in [0.15, 0.2) is 18.2 Å². The van der Waals surface area contributed by atoms with Gasteiger partial charge in [-0.25, -0.2) is 0 Å². The fourth-order valence-corrected chi connectivity index (χ4v) is 3.07. The van der Waals surface area contributed by atoms with Crippen LogP contribution in [0.5, 0.6) is 0 Å². The Kier molecular flexibility index (Phi) is 6.02. The van der Waals surface area contributed by atoms with Crippen molar-refractivity contribution in [3.05, 3.63) is 28.2 Å². The van der Waals surface area contributed by atoms with Crippen molar-refractivity contribution >= 4 is 40.8 Å². The zero-order chi connectivity index (χ0) is 16.1. The molecule has 4 N–H and O–H groups in total. The smallest absolute Gasteiger partial charge is 0.230 e. The van der Waals surface area contributed by atoms with Crippen molar-refractivity contribution < 1.29 is 24.9 Å². The van der Waals surface area contributed by atoms with Crippen LogP contribution in [0.3, 0.4) is 0 Å². The highest BCUT2D eigenvalue weighted by atomic mass is 35.5. The molecule has 0 aliphatic carbocycles. The average Bonchev–Trinajstić information content (AvgIpc) is 2.49. The summed E-state index contributed by atoms with van der Waals surface area (Å²) in [6.45, 7) is 3.08. The Morgan fingerprint density at radius 3 is 2.41 bits per heavy atom. The van der Waals surface area contributed by atoms with E-state index in [-0.39, 0.29) is 6.42 Å². The molecular weight excluding hydrogens is 329 g/mol. The number of quaternary nitrogens is 2. The third-order valence-corrected chi connectivity index (χ3v) is 4.36. The molecule has 1 amide bonds. The van der Waals surface area contributed by atoms with Gasteiger partial charge in [0.1, 0.15) is 32.2 Å². The molecule has 1 atom stereocenters. The van der Waals surface area contributed by atoms with E-state index in [1.807, 2.05) is 0 Å². The minimum Gasteiger partial charge on any atom is -0.544 e. The molecule has 1 heterocycles. The third-order valence-electron chi connectivity index (χ3n) is 3.73. The Morgan fingerprint density at radius 1 is 1.27 bits per heavy atom. The third kappa shape index (κ3) is 4.33. The predicted molar refractivity (Wildman–Crippen MR) is 80.9 cm³/mol. The lowest BCUT2D eigenvalue weighted by Crippen LogP contribution is -3.24. The van der Waals surface area contributed by atoms with Gasteiger partial charge in [0.05, 0.1) is 28.1 Å². The standard InChI is InChI=1S/C14H17Cl2N3O3/c15-9-2-1-3-10(16)13(9)18-12(20)8-11(14(21)22)19-6-4-17-5-7-19/h1-3,11,17H,4-8H2,(H,18,20)(H,21,22)/p+1/t11-/m1/s1. The molecule has 22 heavy (non-hydrogen) atoms. The number of benzene rings is 1. The number of amides is 1. The second-order valence-electron chi connectivity index (χ2n) is 5.24. The molecule has 0 saturated carbocycles. The zero-order valence-electron chi connectivity index (χ0n) is 11.9. The Hall–Kier alpha value is -1.34. The number of carbonyl (C=O) groups excluding carboxylic acids is 2. The summed E-state index contributed by atoms with van der Waals surface area (Å²) in [5, 5.41) is 16.7. The quantitative estimate of drug-likeness (QED) is 0.570. The first-order valence-electron chi connectivity index (χ1n) is 7.10. The summed E-state index contributed by atoms with van der Waals surface area (Å²) in [5.41, 5.74) is 0.301. The second-order valence-corrected chi connectivity index (χ2v) is 6.06. The van der Waals surface area contributed by atoms with Crippen LogP contribution >= 0.6 is 23.2 Å². The van der Waals surface area contributed by atoms with Crippen LogP contribution in [0.2, 0.25) is 10.0 Å². The highest BCUT2D eigenvalue weighted by Crippen LogP contribution is 2.29. The van der Waals surface area contributed by atoms with E-state index in [9.17, 15) is 14.7 Å². The number of halogens is 2. The number of carboxylic acids is 1. The van der Waals surface area contributed by atoms with Gasteiger partial charge in [0.2, 0.25) is 5.91 Å². The highest BCUT2D eigenvalue weighted by molar-refractivity contribution is 6.39. The van der Waals surface area contributed by atoms with Gasteiger partial charge < -0.3 is 25.4 Å². The number of para-hydroxylation sites is 1. The van der Waals surface area contributed by atoms with E-state index in [2.05, 4.69) is 10.6 Å². The normalized spacial score (nSPS) is 17.0. The van der Waals surface area contributed by atoms with Crippen molar-refractivity contribution in [1.82, 2.24) is 0 Å². The SMILES string of the molecule is O=C(C[C@H](C(=O)[O-])[NH+]1CC[NH2+]CC1)Nc1c(Cl)cccc1Cl. The lowest BCUT2D eigenvalue weighted by molar-refractivity contribution is -0.961. The lowest BCUT2D eigenvalue weighted by atomic mass is 10.1. The van der Waals surface area contributed by atoms with Crippen LogP contribution < -0.4 is 20.6 Å². The molecule has 1 aromatic carbocycles. The summed E-state index contributed by atoms with van der Waals surface area (Å²) in [4.78, 5) is 24.3. The van der Waals surface area contributed by atoms with Crippen LogP contribution in [-0.4, -0.2) is 44.1 Å². The first-order chi connectivity index (χ1) is 10.5. The van der Waals surface area contributed by atoms with Gasteiger partial charge in [0.25, 0.3) is 0 Å². The van der Waals surface area contributed by atoms with Crippen LogP contribution in [0.4, 0.5) is 5.69 Å². The first kappa shape index (κ1) is 17.0. The number of anilines is 1. The van der Waals surface area contributed by atoms with Crippen LogP contribution in [-0.2, 0) is 9.59 Å². The number of carbonyl (C=O) groups is 2. The molecule has 1 saturated heterocycles. The molecule has 0 bridgehead atoms. The predicted octanol–water partition coefficient (Wildman–Crippen LogP) is -2.10. The number of nitrogens with one attached hydrogen (secondary N) is 2. The van der Waals surface area contributed by atoms with Crippen molar-refractivity contribution in [2.45, 2.75) is 12.5 Å². The van der Waals surface area contributed by atoms with Gasteiger partial charge in [-0.3, -0.25) is 4.79 Å². The molecular formula is C14H18Cl2N3O3+. The maximum atomic E-state index is 12.1. The molecule has 1 fully saturated rings. The highest BCUT2D eigenvalue weighted by Gasteiger charge is 2.29. The van der Waals surface area contributed by atoms with Gasteiger partial charge in [-0.1, -0.05) is 29.3 Å². The first-order valence-corrected chi connectivity index (χ1v) is 7.85.